The van der Waals surface area contributed by atoms with E-state index in [1.54, 1.807) is 0 Å². The Balaban J connectivity index is 3.57. The number of carboxylic acids is 1. The minimum atomic E-state index is -0.979. The third-order valence-corrected chi connectivity index (χ3v) is 1.06. The highest BCUT2D eigenvalue weighted by molar-refractivity contribution is 5.67. The third-order valence-electron chi connectivity index (χ3n) is 1.06. The predicted molar refractivity (Wildman–Crippen MR) is 39.3 cm³/mol. The van der Waals surface area contributed by atoms with Crippen LogP contribution in [0.1, 0.15) is 6.42 Å². The van der Waals surface area contributed by atoms with E-state index in [0.29, 0.717) is 0 Å². The van der Waals surface area contributed by atoms with Crippen LogP contribution in [0.15, 0.2) is 12.7 Å². The third kappa shape index (κ3) is 5.57. The zero-order valence-electron chi connectivity index (χ0n) is 6.19. The van der Waals surface area contributed by atoms with E-state index in [-0.39, 0.29) is 19.6 Å². The minimum Gasteiger partial charge on any atom is -0.481 e. The number of rotatable bonds is 6. The molecule has 64 valence electrons. The average molecular weight is 160 g/mol. The van der Waals surface area contributed by atoms with Gasteiger partial charge in [-0.25, -0.2) is 0 Å². The van der Waals surface area contributed by atoms with Gasteiger partial charge in [0.2, 0.25) is 0 Å². The molecule has 0 heterocycles. The Morgan fingerprint density at radius 2 is 2.36 bits per heavy atom. The highest BCUT2D eigenvalue weighted by Gasteiger charge is 2.10. The molecule has 0 spiro atoms. The van der Waals surface area contributed by atoms with Crippen molar-refractivity contribution in [2.45, 2.75) is 12.5 Å². The van der Waals surface area contributed by atoms with Crippen molar-refractivity contribution in [2.24, 2.45) is 0 Å². The maximum absolute atomic E-state index is 10.1. The van der Waals surface area contributed by atoms with Gasteiger partial charge >= 0.3 is 5.97 Å². The molecule has 0 amide bonds. The van der Waals surface area contributed by atoms with E-state index >= 15 is 0 Å². The van der Waals surface area contributed by atoms with Crippen molar-refractivity contribution in [2.75, 3.05) is 13.2 Å². The molecule has 0 aliphatic carbocycles. The molecule has 0 aromatic carbocycles. The van der Waals surface area contributed by atoms with E-state index in [1.807, 2.05) is 0 Å². The zero-order chi connectivity index (χ0) is 8.69. The Morgan fingerprint density at radius 1 is 1.73 bits per heavy atom. The molecular weight excluding hydrogens is 148 g/mol. The fraction of sp³-hybridized carbons (Fsp3) is 0.571. The van der Waals surface area contributed by atoms with Crippen molar-refractivity contribution in [3.05, 3.63) is 12.7 Å². The van der Waals surface area contributed by atoms with Crippen molar-refractivity contribution < 1.29 is 19.7 Å². The molecule has 0 fully saturated rings. The van der Waals surface area contributed by atoms with Crippen LogP contribution in [-0.2, 0) is 9.53 Å². The van der Waals surface area contributed by atoms with Crippen LogP contribution in [0.5, 0.6) is 0 Å². The van der Waals surface area contributed by atoms with Crippen molar-refractivity contribution in [3.63, 3.8) is 0 Å². The smallest absolute Gasteiger partial charge is 0.306 e. The maximum Gasteiger partial charge on any atom is 0.306 e. The second kappa shape index (κ2) is 5.88. The van der Waals surface area contributed by atoms with E-state index in [0.717, 1.165) is 0 Å². The predicted octanol–water partition coefficient (Wildman–Crippen LogP) is 0.0246. The molecule has 0 bridgehead atoms. The number of carboxylic acid groups (broad SMARTS) is 1. The molecule has 0 unspecified atom stereocenters. The lowest BCUT2D eigenvalue weighted by atomic mass is 10.3. The second-order valence-electron chi connectivity index (χ2n) is 2.02. The van der Waals surface area contributed by atoms with Gasteiger partial charge in [-0.3, -0.25) is 4.79 Å². The molecule has 0 radical (unpaired) electrons. The topological polar surface area (TPSA) is 66.8 Å². The Morgan fingerprint density at radius 3 is 2.73 bits per heavy atom. The number of ether oxygens (including phenoxy) is 1. The van der Waals surface area contributed by atoms with Gasteiger partial charge in [-0.2, -0.15) is 0 Å². The van der Waals surface area contributed by atoms with Crippen LogP contribution < -0.4 is 0 Å². The first-order chi connectivity index (χ1) is 5.20. The van der Waals surface area contributed by atoms with E-state index in [1.165, 1.54) is 6.08 Å². The average Bonchev–Trinajstić information content (AvgIpc) is 1.97. The van der Waals surface area contributed by atoms with Crippen LogP contribution >= 0.6 is 0 Å². The molecule has 4 nitrogen and oxygen atoms in total. The normalized spacial score (nSPS) is 12.5. The first kappa shape index (κ1) is 10.1. The van der Waals surface area contributed by atoms with Gasteiger partial charge in [0.15, 0.2) is 0 Å². The van der Waals surface area contributed by atoms with E-state index in [2.05, 4.69) is 6.58 Å². The van der Waals surface area contributed by atoms with Gasteiger partial charge in [-0.15, -0.1) is 6.58 Å². The summed E-state index contributed by atoms with van der Waals surface area (Å²) < 4.78 is 4.90. The van der Waals surface area contributed by atoms with Crippen molar-refractivity contribution >= 4 is 5.97 Å². The fourth-order valence-electron chi connectivity index (χ4n) is 0.575. The summed E-state index contributed by atoms with van der Waals surface area (Å²) in [5, 5.41) is 16.9. The lowest BCUT2D eigenvalue weighted by Gasteiger charge is -2.10. The number of hydrogen-bond acceptors (Lipinski definition) is 3. The Bertz CT molecular complexity index is 132. The van der Waals surface area contributed by atoms with Crippen LogP contribution in [0.4, 0.5) is 0 Å². The molecule has 0 aliphatic rings. The molecule has 11 heavy (non-hydrogen) atoms. The van der Waals surface area contributed by atoms with Gasteiger partial charge in [0.25, 0.3) is 0 Å². The summed E-state index contributed by atoms with van der Waals surface area (Å²) in [4.78, 5) is 10.1. The Hall–Kier alpha value is -0.870. The second-order valence-corrected chi connectivity index (χ2v) is 2.02. The molecule has 4 heteroatoms. The Labute approximate surface area is 65.1 Å². The van der Waals surface area contributed by atoms with E-state index in [9.17, 15) is 4.79 Å². The summed E-state index contributed by atoms with van der Waals surface area (Å²) in [5.74, 6) is -0.979. The van der Waals surface area contributed by atoms with Crippen LogP contribution in [0.25, 0.3) is 0 Å². The summed E-state index contributed by atoms with van der Waals surface area (Å²) in [5.41, 5.74) is 0. The highest BCUT2D eigenvalue weighted by Crippen LogP contribution is 1.97. The van der Waals surface area contributed by atoms with E-state index in [4.69, 9.17) is 14.9 Å². The molecule has 0 aliphatic heterocycles. The highest BCUT2D eigenvalue weighted by atomic mass is 16.5. The number of aliphatic hydroxyl groups is 1. The van der Waals surface area contributed by atoms with Gasteiger partial charge < -0.3 is 14.9 Å². The number of aliphatic hydroxyl groups excluding tert-OH is 1. The molecule has 0 aromatic rings. The number of carbonyl (C=O) groups is 1. The summed E-state index contributed by atoms with van der Waals surface area (Å²) in [7, 11) is 0. The van der Waals surface area contributed by atoms with Crippen LogP contribution in [0.2, 0.25) is 0 Å². The van der Waals surface area contributed by atoms with Gasteiger partial charge in [-0.1, -0.05) is 6.08 Å². The van der Waals surface area contributed by atoms with Gasteiger partial charge in [0.1, 0.15) is 0 Å². The lowest BCUT2D eigenvalue weighted by molar-refractivity contribution is -0.140. The maximum atomic E-state index is 10.1. The monoisotopic (exact) mass is 160 g/mol. The summed E-state index contributed by atoms with van der Waals surface area (Å²) in [6.07, 6.45) is 0.708. The minimum absolute atomic E-state index is 0.176. The molecule has 1 atom stereocenters. The molecule has 0 rings (SSSR count). The van der Waals surface area contributed by atoms with Gasteiger partial charge in [0, 0.05) is 0 Å². The van der Waals surface area contributed by atoms with Crippen LogP contribution in [-0.4, -0.2) is 35.5 Å². The van der Waals surface area contributed by atoms with Crippen molar-refractivity contribution in [1.29, 1.82) is 0 Å². The zero-order valence-corrected chi connectivity index (χ0v) is 6.19. The SMILES string of the molecule is C=CCO[C@H](CO)CC(=O)O. The quantitative estimate of drug-likeness (QED) is 0.538. The first-order valence-electron chi connectivity index (χ1n) is 3.25. The van der Waals surface area contributed by atoms with E-state index < -0.39 is 12.1 Å². The summed E-state index contributed by atoms with van der Waals surface area (Å²) in [6.45, 7) is 3.38. The molecule has 0 saturated heterocycles. The van der Waals surface area contributed by atoms with Crippen LogP contribution in [0.3, 0.4) is 0 Å². The van der Waals surface area contributed by atoms with Crippen molar-refractivity contribution in [1.82, 2.24) is 0 Å². The first-order valence-corrected chi connectivity index (χ1v) is 3.25. The standard InChI is InChI=1S/C7H12O4/c1-2-3-11-6(5-8)4-7(9)10/h2,6,8H,1,3-5H2,(H,9,10)/t6-/m0/s1. The molecular formula is C7H12O4. The van der Waals surface area contributed by atoms with Gasteiger partial charge in [-0.05, 0) is 0 Å². The van der Waals surface area contributed by atoms with Crippen molar-refractivity contribution in [3.8, 4) is 0 Å². The fourth-order valence-corrected chi connectivity index (χ4v) is 0.575. The van der Waals surface area contributed by atoms with Crippen LogP contribution in [0, 0.1) is 0 Å². The number of hydrogen-bond donors (Lipinski definition) is 2. The molecule has 0 aromatic heterocycles. The Kier molecular flexibility index (Phi) is 5.42. The molecule has 0 saturated carbocycles. The van der Waals surface area contributed by atoms with Gasteiger partial charge in [0.05, 0.1) is 25.7 Å². The molecule has 2 N–H and O–H groups in total. The largest absolute Gasteiger partial charge is 0.481 e. The summed E-state index contributed by atoms with van der Waals surface area (Å²) in [6, 6.07) is 0. The lowest BCUT2D eigenvalue weighted by Crippen LogP contribution is -2.21. The summed E-state index contributed by atoms with van der Waals surface area (Å²) >= 11 is 0. The number of aliphatic carboxylic acids is 1.